The van der Waals surface area contributed by atoms with Gasteiger partial charge in [0, 0.05) is 11.7 Å². The third-order valence-electron chi connectivity index (χ3n) is 3.20. The molecule has 2 N–H and O–H groups in total. The lowest BCUT2D eigenvalue weighted by molar-refractivity contribution is -0.118. The average Bonchev–Trinajstić information content (AvgIpc) is 2.52. The minimum Gasteiger partial charge on any atom is -0.484 e. The number of carbonyl (C=O) groups is 1. The number of rotatable bonds is 7. The smallest absolute Gasteiger partial charge is 0.262 e. The first-order valence-electron chi connectivity index (χ1n) is 7.88. The number of anilines is 1. The molecule has 0 heterocycles. The lowest BCUT2D eigenvalue weighted by Crippen LogP contribution is -2.30. The first kappa shape index (κ1) is 19.0. The van der Waals surface area contributed by atoms with E-state index in [-0.39, 0.29) is 23.5 Å². The average molecular weight is 362 g/mol. The van der Waals surface area contributed by atoms with Crippen molar-refractivity contribution in [1.29, 1.82) is 0 Å². The Kier molecular flexibility index (Phi) is 6.17. The first-order chi connectivity index (χ1) is 11.8. The Balaban J connectivity index is 1.92. The van der Waals surface area contributed by atoms with E-state index >= 15 is 0 Å². The van der Waals surface area contributed by atoms with Gasteiger partial charge in [-0.3, -0.25) is 4.79 Å². The van der Waals surface area contributed by atoms with Gasteiger partial charge in [0.05, 0.1) is 4.90 Å². The van der Waals surface area contributed by atoms with Crippen LogP contribution in [0.4, 0.5) is 5.69 Å². The van der Waals surface area contributed by atoms with Crippen molar-refractivity contribution >= 4 is 21.6 Å². The van der Waals surface area contributed by atoms with Crippen molar-refractivity contribution in [2.45, 2.75) is 31.7 Å². The fraction of sp³-hybridized carbons (Fsp3) is 0.278. The van der Waals surface area contributed by atoms with E-state index in [9.17, 15) is 13.2 Å². The molecule has 0 aromatic heterocycles. The van der Waals surface area contributed by atoms with Gasteiger partial charge in [0.1, 0.15) is 5.75 Å². The number of sulfonamides is 1. The van der Waals surface area contributed by atoms with Gasteiger partial charge >= 0.3 is 0 Å². The second kappa shape index (κ2) is 8.13. The van der Waals surface area contributed by atoms with Crippen molar-refractivity contribution in [1.82, 2.24) is 4.72 Å². The highest BCUT2D eigenvalue weighted by molar-refractivity contribution is 7.89. The molecule has 0 unspecified atom stereocenters. The molecule has 1 amide bonds. The van der Waals surface area contributed by atoms with Crippen LogP contribution in [0.2, 0.25) is 0 Å². The predicted octanol–water partition coefficient (Wildman–Crippen LogP) is 2.70. The summed E-state index contributed by atoms with van der Waals surface area (Å²) in [5.41, 5.74) is 1.75. The molecule has 0 bridgehead atoms. The maximum atomic E-state index is 12.0. The molecular weight excluding hydrogens is 340 g/mol. The summed E-state index contributed by atoms with van der Waals surface area (Å²) in [4.78, 5) is 12.1. The molecule has 0 aliphatic rings. The summed E-state index contributed by atoms with van der Waals surface area (Å²) in [5.74, 6) is 0.131. The molecule has 0 aliphatic heterocycles. The van der Waals surface area contributed by atoms with Crippen molar-refractivity contribution < 1.29 is 17.9 Å². The van der Waals surface area contributed by atoms with Crippen LogP contribution in [0.15, 0.2) is 53.4 Å². The van der Waals surface area contributed by atoms with Crippen LogP contribution in [0, 0.1) is 6.92 Å². The molecule has 2 rings (SSSR count). The summed E-state index contributed by atoms with van der Waals surface area (Å²) in [6, 6.07) is 13.2. The van der Waals surface area contributed by atoms with Gasteiger partial charge in [0.2, 0.25) is 10.0 Å². The Morgan fingerprint density at radius 2 is 1.80 bits per heavy atom. The van der Waals surface area contributed by atoms with Gasteiger partial charge in [-0.25, -0.2) is 13.1 Å². The maximum absolute atomic E-state index is 12.0. The van der Waals surface area contributed by atoms with Crippen LogP contribution in [0.25, 0.3) is 0 Å². The number of hydrogen-bond acceptors (Lipinski definition) is 4. The quantitative estimate of drug-likeness (QED) is 0.793. The van der Waals surface area contributed by atoms with Crippen molar-refractivity contribution in [3.05, 3.63) is 54.1 Å². The van der Waals surface area contributed by atoms with E-state index in [4.69, 9.17) is 4.74 Å². The molecule has 0 fully saturated rings. The van der Waals surface area contributed by atoms with Crippen molar-refractivity contribution in [2.24, 2.45) is 0 Å². The maximum Gasteiger partial charge on any atom is 0.262 e. The summed E-state index contributed by atoms with van der Waals surface area (Å²) >= 11 is 0. The van der Waals surface area contributed by atoms with E-state index in [2.05, 4.69) is 10.0 Å². The summed E-state index contributed by atoms with van der Waals surface area (Å²) < 4.78 is 32.0. The zero-order chi connectivity index (χ0) is 18.4. The molecule has 0 saturated heterocycles. The van der Waals surface area contributed by atoms with Gasteiger partial charge in [0.15, 0.2) is 6.61 Å². The van der Waals surface area contributed by atoms with Gasteiger partial charge in [-0.2, -0.15) is 0 Å². The normalized spacial score (nSPS) is 11.4. The topological polar surface area (TPSA) is 84.5 Å². The molecule has 0 spiro atoms. The second-order valence-corrected chi connectivity index (χ2v) is 7.67. The Morgan fingerprint density at radius 3 is 2.40 bits per heavy atom. The number of aryl methyl sites for hydroxylation is 1. The van der Waals surface area contributed by atoms with Crippen LogP contribution in [-0.4, -0.2) is 27.0 Å². The molecule has 0 atom stereocenters. The highest BCUT2D eigenvalue weighted by Crippen LogP contribution is 2.16. The Bertz CT molecular complexity index is 830. The van der Waals surface area contributed by atoms with E-state index in [1.165, 1.54) is 24.3 Å². The Morgan fingerprint density at radius 1 is 1.12 bits per heavy atom. The number of amides is 1. The summed E-state index contributed by atoms with van der Waals surface area (Å²) in [6.45, 7) is 5.28. The second-order valence-electron chi connectivity index (χ2n) is 5.95. The SMILES string of the molecule is Cc1cccc(NC(=O)COc2ccc(S(=O)(=O)NC(C)C)cc2)c1. The van der Waals surface area contributed by atoms with Gasteiger partial charge in [-0.05, 0) is 62.7 Å². The molecule has 0 aliphatic carbocycles. The fourth-order valence-corrected chi connectivity index (χ4v) is 3.41. The number of carbonyl (C=O) groups excluding carboxylic acids is 1. The van der Waals surface area contributed by atoms with E-state index in [1.807, 2.05) is 25.1 Å². The van der Waals surface area contributed by atoms with E-state index < -0.39 is 10.0 Å². The molecule has 7 heteroatoms. The third kappa shape index (κ3) is 5.88. The van der Waals surface area contributed by atoms with Crippen LogP contribution in [0.1, 0.15) is 19.4 Å². The van der Waals surface area contributed by atoms with E-state index in [1.54, 1.807) is 19.9 Å². The molecule has 134 valence electrons. The molecule has 2 aromatic rings. The zero-order valence-electron chi connectivity index (χ0n) is 14.4. The lowest BCUT2D eigenvalue weighted by atomic mass is 10.2. The van der Waals surface area contributed by atoms with Crippen molar-refractivity contribution in [2.75, 3.05) is 11.9 Å². The highest BCUT2D eigenvalue weighted by atomic mass is 32.2. The summed E-state index contributed by atoms with van der Waals surface area (Å²) in [5, 5.41) is 2.74. The highest BCUT2D eigenvalue weighted by Gasteiger charge is 2.15. The fourth-order valence-electron chi connectivity index (χ4n) is 2.16. The Labute approximate surface area is 148 Å². The first-order valence-corrected chi connectivity index (χ1v) is 9.36. The molecule has 0 radical (unpaired) electrons. The largest absolute Gasteiger partial charge is 0.484 e. The molecule has 0 saturated carbocycles. The molecular formula is C18H22N2O4S. The van der Waals surface area contributed by atoms with Crippen LogP contribution in [-0.2, 0) is 14.8 Å². The van der Waals surface area contributed by atoms with Gasteiger partial charge in [0.25, 0.3) is 5.91 Å². The van der Waals surface area contributed by atoms with Crippen LogP contribution >= 0.6 is 0 Å². The predicted molar refractivity (Wildman–Crippen MR) is 97.2 cm³/mol. The summed E-state index contributed by atoms with van der Waals surface area (Å²) in [7, 11) is -3.54. The standard InChI is InChI=1S/C18H22N2O4S/c1-13(2)20-25(22,23)17-9-7-16(8-10-17)24-12-18(21)19-15-6-4-5-14(3)11-15/h4-11,13,20H,12H2,1-3H3,(H,19,21). The number of benzene rings is 2. The van der Waals surface area contributed by atoms with Crippen molar-refractivity contribution in [3.8, 4) is 5.75 Å². The van der Waals surface area contributed by atoms with Gasteiger partial charge < -0.3 is 10.1 Å². The summed E-state index contributed by atoms with van der Waals surface area (Å²) in [6.07, 6.45) is 0. The monoisotopic (exact) mass is 362 g/mol. The van der Waals surface area contributed by atoms with Crippen LogP contribution in [0.3, 0.4) is 0 Å². The Hall–Kier alpha value is -2.38. The van der Waals surface area contributed by atoms with Gasteiger partial charge in [-0.15, -0.1) is 0 Å². The van der Waals surface area contributed by atoms with Crippen molar-refractivity contribution in [3.63, 3.8) is 0 Å². The van der Waals surface area contributed by atoms with Crippen LogP contribution in [0.5, 0.6) is 5.75 Å². The molecule has 6 nitrogen and oxygen atoms in total. The molecule has 2 aromatic carbocycles. The zero-order valence-corrected chi connectivity index (χ0v) is 15.3. The minimum absolute atomic E-state index is 0.151. The third-order valence-corrected chi connectivity index (χ3v) is 4.87. The van der Waals surface area contributed by atoms with Gasteiger partial charge in [-0.1, -0.05) is 12.1 Å². The lowest BCUT2D eigenvalue weighted by Gasteiger charge is -2.11. The van der Waals surface area contributed by atoms with Crippen LogP contribution < -0.4 is 14.8 Å². The van der Waals surface area contributed by atoms with E-state index in [0.29, 0.717) is 11.4 Å². The minimum atomic E-state index is -3.54. The number of ether oxygens (including phenoxy) is 1. The number of hydrogen-bond donors (Lipinski definition) is 2. The molecule has 25 heavy (non-hydrogen) atoms. The van der Waals surface area contributed by atoms with E-state index in [0.717, 1.165) is 5.56 Å². The number of nitrogens with one attached hydrogen (secondary N) is 2.